The molecule has 3 aromatic rings. The maximum Gasteiger partial charge on any atom is 0.573 e. The summed E-state index contributed by atoms with van der Waals surface area (Å²) in [6.45, 7) is 2.15. The van der Waals surface area contributed by atoms with Crippen molar-refractivity contribution in [1.82, 2.24) is 10.2 Å². The summed E-state index contributed by atoms with van der Waals surface area (Å²) in [4.78, 5) is 1.98. The Kier molecular flexibility index (Phi) is 6.08. The van der Waals surface area contributed by atoms with E-state index in [0.29, 0.717) is 54.6 Å². The van der Waals surface area contributed by atoms with Crippen molar-refractivity contribution in [2.45, 2.75) is 6.36 Å². The SMILES string of the molecule is COc1ccc(-c2nnc(-c3cc(OC(F)(F)F)ccc3N3CCOCC3)o2)cc1OC. The van der Waals surface area contributed by atoms with Crippen molar-refractivity contribution in [3.05, 3.63) is 36.4 Å². The van der Waals surface area contributed by atoms with Crippen LogP contribution in [0.25, 0.3) is 22.9 Å². The van der Waals surface area contributed by atoms with Crippen LogP contribution in [0.4, 0.5) is 18.9 Å². The average molecular weight is 451 g/mol. The first-order valence-corrected chi connectivity index (χ1v) is 9.66. The lowest BCUT2D eigenvalue weighted by Crippen LogP contribution is -2.36. The van der Waals surface area contributed by atoms with Gasteiger partial charge in [-0.1, -0.05) is 0 Å². The number of rotatable bonds is 6. The summed E-state index contributed by atoms with van der Waals surface area (Å²) in [5, 5.41) is 8.14. The summed E-state index contributed by atoms with van der Waals surface area (Å²) in [6.07, 6.45) is -4.82. The van der Waals surface area contributed by atoms with Crippen LogP contribution in [0.15, 0.2) is 40.8 Å². The van der Waals surface area contributed by atoms with Crippen molar-refractivity contribution in [3.8, 4) is 40.2 Å². The van der Waals surface area contributed by atoms with Crippen LogP contribution in [0, 0.1) is 0 Å². The molecule has 170 valence electrons. The summed E-state index contributed by atoms with van der Waals surface area (Å²) in [6, 6.07) is 9.11. The van der Waals surface area contributed by atoms with Crippen LogP contribution in [-0.2, 0) is 4.74 Å². The molecule has 1 saturated heterocycles. The van der Waals surface area contributed by atoms with E-state index >= 15 is 0 Å². The lowest BCUT2D eigenvalue weighted by molar-refractivity contribution is -0.274. The molecule has 0 aliphatic carbocycles. The number of halogens is 3. The first-order valence-electron chi connectivity index (χ1n) is 9.66. The Morgan fingerprint density at radius 2 is 1.62 bits per heavy atom. The molecule has 1 aliphatic heterocycles. The maximum atomic E-state index is 12.8. The normalized spacial score (nSPS) is 14.3. The second-order valence-electron chi connectivity index (χ2n) is 6.81. The molecule has 0 atom stereocenters. The number of hydrogen-bond acceptors (Lipinski definition) is 8. The smallest absolute Gasteiger partial charge is 0.493 e. The number of methoxy groups -OCH3 is 2. The summed E-state index contributed by atoms with van der Waals surface area (Å²) in [5.74, 6) is 0.859. The number of hydrogen-bond donors (Lipinski definition) is 0. The number of ether oxygens (including phenoxy) is 4. The average Bonchev–Trinajstić information content (AvgIpc) is 3.28. The van der Waals surface area contributed by atoms with Crippen LogP contribution in [0.3, 0.4) is 0 Å². The number of benzene rings is 2. The fraction of sp³-hybridized carbons (Fsp3) is 0.333. The Morgan fingerprint density at radius 1 is 0.906 bits per heavy atom. The monoisotopic (exact) mass is 451 g/mol. The van der Waals surface area contributed by atoms with E-state index in [-0.39, 0.29) is 17.5 Å². The number of anilines is 1. The molecule has 0 amide bonds. The highest BCUT2D eigenvalue weighted by Gasteiger charge is 2.32. The van der Waals surface area contributed by atoms with Gasteiger partial charge >= 0.3 is 6.36 Å². The predicted molar refractivity (Wildman–Crippen MR) is 108 cm³/mol. The molecule has 0 bridgehead atoms. The van der Waals surface area contributed by atoms with Gasteiger partial charge in [0.15, 0.2) is 11.5 Å². The van der Waals surface area contributed by atoms with Gasteiger partial charge in [-0.2, -0.15) is 0 Å². The third kappa shape index (κ3) is 4.72. The molecule has 0 radical (unpaired) electrons. The molecule has 11 heteroatoms. The number of aromatic nitrogens is 2. The minimum Gasteiger partial charge on any atom is -0.493 e. The molecule has 2 heterocycles. The van der Waals surface area contributed by atoms with E-state index < -0.39 is 6.36 Å². The molecule has 0 N–H and O–H groups in total. The number of morpholine rings is 1. The third-order valence-electron chi connectivity index (χ3n) is 4.84. The molecule has 1 aromatic heterocycles. The van der Waals surface area contributed by atoms with E-state index in [0.717, 1.165) is 0 Å². The van der Waals surface area contributed by atoms with Crippen LogP contribution < -0.4 is 19.1 Å². The van der Waals surface area contributed by atoms with Gasteiger partial charge in [0.1, 0.15) is 5.75 Å². The quantitative estimate of drug-likeness (QED) is 0.553. The third-order valence-corrected chi connectivity index (χ3v) is 4.84. The van der Waals surface area contributed by atoms with Crippen molar-refractivity contribution >= 4 is 5.69 Å². The molecule has 0 unspecified atom stereocenters. The van der Waals surface area contributed by atoms with Gasteiger partial charge in [-0.25, -0.2) is 0 Å². The van der Waals surface area contributed by atoms with Gasteiger partial charge in [-0.3, -0.25) is 0 Å². The molecule has 0 spiro atoms. The first-order chi connectivity index (χ1) is 15.4. The zero-order chi connectivity index (χ0) is 22.7. The largest absolute Gasteiger partial charge is 0.573 e. The molecule has 0 saturated carbocycles. The van der Waals surface area contributed by atoms with Gasteiger partial charge in [-0.15, -0.1) is 23.4 Å². The van der Waals surface area contributed by atoms with Crippen LogP contribution in [0.1, 0.15) is 0 Å². The highest BCUT2D eigenvalue weighted by Crippen LogP contribution is 2.38. The summed E-state index contributed by atoms with van der Waals surface area (Å²) < 4.78 is 64.1. The van der Waals surface area contributed by atoms with Crippen LogP contribution in [0.5, 0.6) is 17.2 Å². The molecule has 1 aliphatic rings. The molecule has 1 fully saturated rings. The Morgan fingerprint density at radius 3 is 2.31 bits per heavy atom. The maximum absolute atomic E-state index is 12.8. The zero-order valence-corrected chi connectivity index (χ0v) is 17.3. The summed E-state index contributed by atoms with van der Waals surface area (Å²) in [5.41, 5.74) is 1.54. The Bertz CT molecular complexity index is 1080. The molecule has 32 heavy (non-hydrogen) atoms. The Balaban J connectivity index is 1.73. The molecule has 2 aromatic carbocycles. The van der Waals surface area contributed by atoms with E-state index in [9.17, 15) is 13.2 Å². The number of nitrogens with zero attached hydrogens (tertiary/aromatic N) is 3. The van der Waals surface area contributed by atoms with Crippen molar-refractivity contribution in [3.63, 3.8) is 0 Å². The summed E-state index contributed by atoms with van der Waals surface area (Å²) in [7, 11) is 3.02. The van der Waals surface area contributed by atoms with Gasteiger partial charge in [-0.05, 0) is 36.4 Å². The fourth-order valence-electron chi connectivity index (χ4n) is 3.38. The Hall–Kier alpha value is -3.47. The van der Waals surface area contributed by atoms with Crippen LogP contribution >= 0.6 is 0 Å². The minimum atomic E-state index is -4.82. The van der Waals surface area contributed by atoms with Crippen molar-refractivity contribution in [2.75, 3.05) is 45.4 Å². The predicted octanol–water partition coefficient (Wildman–Crippen LogP) is 4.16. The van der Waals surface area contributed by atoms with Gasteiger partial charge in [0.05, 0.1) is 33.0 Å². The van der Waals surface area contributed by atoms with Gasteiger partial charge < -0.3 is 28.3 Å². The second kappa shape index (κ2) is 8.95. The van der Waals surface area contributed by atoms with E-state index in [2.05, 4.69) is 14.9 Å². The van der Waals surface area contributed by atoms with Crippen LogP contribution in [-0.4, -0.2) is 57.1 Å². The van der Waals surface area contributed by atoms with Gasteiger partial charge in [0.25, 0.3) is 0 Å². The Labute approximate surface area is 181 Å². The topological polar surface area (TPSA) is 79.1 Å². The molecule has 4 rings (SSSR count). The van der Waals surface area contributed by atoms with E-state index in [1.165, 1.54) is 26.4 Å². The van der Waals surface area contributed by atoms with E-state index in [1.54, 1.807) is 24.3 Å². The first kappa shape index (κ1) is 21.8. The van der Waals surface area contributed by atoms with Crippen molar-refractivity contribution in [1.29, 1.82) is 0 Å². The lowest BCUT2D eigenvalue weighted by Gasteiger charge is -2.30. The van der Waals surface area contributed by atoms with Crippen molar-refractivity contribution in [2.24, 2.45) is 0 Å². The highest BCUT2D eigenvalue weighted by molar-refractivity contribution is 5.76. The molecular formula is C21H20F3N3O5. The van der Waals surface area contributed by atoms with Crippen molar-refractivity contribution < 1.29 is 36.5 Å². The number of alkyl halides is 3. The van der Waals surface area contributed by atoms with Gasteiger partial charge in [0.2, 0.25) is 11.8 Å². The minimum absolute atomic E-state index is 0.0592. The van der Waals surface area contributed by atoms with E-state index in [4.69, 9.17) is 18.6 Å². The lowest BCUT2D eigenvalue weighted by atomic mass is 10.1. The standard InChI is InChI=1S/C21H20F3N3O5/c1-28-17-6-3-13(11-18(17)29-2)19-25-26-20(31-19)15-12-14(32-21(22,23)24)4-5-16(15)27-7-9-30-10-8-27/h3-6,11-12H,7-10H2,1-2H3. The second-order valence-corrected chi connectivity index (χ2v) is 6.81. The molecule has 8 nitrogen and oxygen atoms in total. The van der Waals surface area contributed by atoms with E-state index in [1.807, 2.05) is 4.90 Å². The highest BCUT2D eigenvalue weighted by atomic mass is 19.4. The fourth-order valence-corrected chi connectivity index (χ4v) is 3.38. The van der Waals surface area contributed by atoms with Gasteiger partial charge in [0, 0.05) is 24.3 Å². The summed E-state index contributed by atoms with van der Waals surface area (Å²) >= 11 is 0. The zero-order valence-electron chi connectivity index (χ0n) is 17.3. The molecular weight excluding hydrogens is 431 g/mol. The van der Waals surface area contributed by atoms with Crippen LogP contribution in [0.2, 0.25) is 0 Å².